The van der Waals surface area contributed by atoms with Crippen LogP contribution in [0.4, 0.5) is 0 Å². The van der Waals surface area contributed by atoms with Crippen molar-refractivity contribution < 1.29 is 9.32 Å². The van der Waals surface area contributed by atoms with Crippen LogP contribution in [0, 0.1) is 22.7 Å². The molecular weight excluding hydrogens is 372 g/mol. The molecule has 0 aromatic carbocycles. The maximum Gasteiger partial charge on any atom is 0.259 e. The van der Waals surface area contributed by atoms with Crippen molar-refractivity contribution >= 4 is 11.5 Å². The predicted octanol–water partition coefficient (Wildman–Crippen LogP) is 6.77. The number of carbonyl (C=O) groups is 1. The molecule has 1 amide bonds. The first-order chi connectivity index (χ1) is 14.1. The van der Waals surface area contributed by atoms with Gasteiger partial charge >= 0.3 is 0 Å². The van der Waals surface area contributed by atoms with Crippen LogP contribution < -0.4 is 0 Å². The van der Waals surface area contributed by atoms with Crippen molar-refractivity contribution in [2.24, 2.45) is 22.7 Å². The summed E-state index contributed by atoms with van der Waals surface area (Å²) >= 11 is 0. The van der Waals surface area contributed by atoms with Crippen LogP contribution >= 0.6 is 0 Å². The van der Waals surface area contributed by atoms with E-state index < -0.39 is 0 Å². The van der Waals surface area contributed by atoms with E-state index in [2.05, 4.69) is 58.9 Å². The number of nitrogens with zero attached hydrogens (tertiary/aromatic N) is 2. The van der Waals surface area contributed by atoms with Crippen molar-refractivity contribution in [3.05, 3.63) is 47.9 Å². The lowest BCUT2D eigenvalue weighted by Crippen LogP contribution is -2.41. The molecule has 0 bridgehead atoms. The van der Waals surface area contributed by atoms with Gasteiger partial charge in [-0.1, -0.05) is 90.9 Å². The van der Waals surface area contributed by atoms with Gasteiger partial charge in [0.05, 0.1) is 0 Å². The Morgan fingerprint density at radius 1 is 1.13 bits per heavy atom. The van der Waals surface area contributed by atoms with Crippen molar-refractivity contribution in [1.82, 2.24) is 10.1 Å². The van der Waals surface area contributed by atoms with Crippen LogP contribution in [0.2, 0.25) is 0 Å². The molecular formula is C26H40N2O2. The third-order valence-electron chi connectivity index (χ3n) is 6.27. The van der Waals surface area contributed by atoms with E-state index in [4.69, 9.17) is 4.52 Å². The Morgan fingerprint density at radius 2 is 1.83 bits per heavy atom. The second-order valence-corrected chi connectivity index (χ2v) is 10.0. The minimum atomic E-state index is -0.0215. The molecule has 30 heavy (non-hydrogen) atoms. The van der Waals surface area contributed by atoms with E-state index in [0.29, 0.717) is 23.1 Å². The molecule has 2 heterocycles. The SMILES string of the molecule is CC.CC1CN(C(=O)c2conc2C2=CC=CC(C)(C)C=C2)CCC(C)(C)CC1C. The first-order valence-corrected chi connectivity index (χ1v) is 11.4. The summed E-state index contributed by atoms with van der Waals surface area (Å²) in [5.74, 6) is 1.08. The standard InChI is InChI=1S/C24H34N2O2.C2H6/c1-17-14-24(5,6)12-13-26(15-18(17)2)22(27)20-16-28-25-21(20)19-8-7-10-23(3,4)11-9-19;1-2/h7-11,16-18H,12-15H2,1-6H3;1-2H3. The number of hydrogen-bond acceptors (Lipinski definition) is 3. The maximum absolute atomic E-state index is 13.4. The summed E-state index contributed by atoms with van der Waals surface area (Å²) in [6.07, 6.45) is 14.1. The van der Waals surface area contributed by atoms with E-state index in [0.717, 1.165) is 25.1 Å². The van der Waals surface area contributed by atoms with E-state index in [1.54, 1.807) is 0 Å². The predicted molar refractivity (Wildman–Crippen MR) is 125 cm³/mol. The molecule has 2 aliphatic rings. The first kappa shape index (κ1) is 24.2. The number of carbonyl (C=O) groups excluding carboxylic acids is 1. The molecule has 4 heteroatoms. The number of likely N-dealkylation sites (tertiary alicyclic amines) is 1. The summed E-state index contributed by atoms with van der Waals surface area (Å²) < 4.78 is 5.25. The van der Waals surface area contributed by atoms with Gasteiger partial charge in [-0.2, -0.15) is 0 Å². The zero-order valence-electron chi connectivity index (χ0n) is 20.2. The number of hydrogen-bond donors (Lipinski definition) is 0. The zero-order valence-corrected chi connectivity index (χ0v) is 20.2. The highest BCUT2D eigenvalue weighted by molar-refractivity contribution is 5.99. The molecule has 0 radical (unpaired) electrons. The Balaban J connectivity index is 0.00000155. The van der Waals surface area contributed by atoms with Gasteiger partial charge in [0.25, 0.3) is 5.91 Å². The van der Waals surface area contributed by atoms with Gasteiger partial charge in [0.2, 0.25) is 0 Å². The Labute approximate surface area is 183 Å². The summed E-state index contributed by atoms with van der Waals surface area (Å²) in [5, 5.41) is 4.17. The summed E-state index contributed by atoms with van der Waals surface area (Å²) in [6, 6.07) is 0. The maximum atomic E-state index is 13.4. The molecule has 1 aliphatic carbocycles. The van der Waals surface area contributed by atoms with Crippen LogP contribution in [0.3, 0.4) is 0 Å². The van der Waals surface area contributed by atoms with Crippen molar-refractivity contribution in [2.75, 3.05) is 13.1 Å². The molecule has 2 unspecified atom stereocenters. The van der Waals surface area contributed by atoms with Crippen molar-refractivity contribution in [3.8, 4) is 0 Å². The smallest absolute Gasteiger partial charge is 0.259 e. The fraction of sp³-hybridized carbons (Fsp3) is 0.615. The van der Waals surface area contributed by atoms with Gasteiger partial charge in [-0.05, 0) is 30.1 Å². The highest BCUT2D eigenvalue weighted by Gasteiger charge is 2.32. The largest absolute Gasteiger partial charge is 0.363 e. The lowest BCUT2D eigenvalue weighted by atomic mass is 9.75. The van der Waals surface area contributed by atoms with Crippen LogP contribution in [0.15, 0.2) is 41.2 Å². The fourth-order valence-electron chi connectivity index (χ4n) is 4.16. The van der Waals surface area contributed by atoms with Crippen molar-refractivity contribution in [1.29, 1.82) is 0 Å². The number of aromatic nitrogens is 1. The molecule has 166 valence electrons. The summed E-state index contributed by atoms with van der Waals surface area (Å²) in [5.41, 5.74) is 2.32. The zero-order chi connectivity index (χ0) is 22.5. The molecule has 1 saturated heterocycles. The fourth-order valence-corrected chi connectivity index (χ4v) is 4.16. The van der Waals surface area contributed by atoms with Crippen LogP contribution in [0.1, 0.15) is 84.3 Å². The van der Waals surface area contributed by atoms with Gasteiger partial charge in [0.15, 0.2) is 0 Å². The number of rotatable bonds is 2. The highest BCUT2D eigenvalue weighted by Crippen LogP contribution is 2.36. The van der Waals surface area contributed by atoms with Gasteiger partial charge in [0.1, 0.15) is 17.5 Å². The normalized spacial score (nSPS) is 25.3. The molecule has 4 nitrogen and oxygen atoms in total. The highest BCUT2D eigenvalue weighted by atomic mass is 16.5. The van der Waals surface area contributed by atoms with Gasteiger partial charge in [-0.15, -0.1) is 0 Å². The third kappa shape index (κ3) is 5.96. The Bertz CT molecular complexity index is 811. The van der Waals surface area contributed by atoms with E-state index in [9.17, 15) is 4.79 Å². The summed E-state index contributed by atoms with van der Waals surface area (Å²) in [7, 11) is 0. The molecule has 1 aliphatic heterocycles. The Kier molecular flexibility index (Phi) is 7.90. The van der Waals surface area contributed by atoms with Crippen molar-refractivity contribution in [3.63, 3.8) is 0 Å². The second-order valence-electron chi connectivity index (χ2n) is 10.0. The van der Waals surface area contributed by atoms with Gasteiger partial charge in [-0.25, -0.2) is 0 Å². The van der Waals surface area contributed by atoms with Gasteiger partial charge in [0, 0.05) is 24.1 Å². The molecule has 1 aromatic heterocycles. The lowest BCUT2D eigenvalue weighted by molar-refractivity contribution is 0.0607. The topological polar surface area (TPSA) is 46.3 Å². The van der Waals surface area contributed by atoms with Crippen LogP contribution in [-0.4, -0.2) is 29.1 Å². The van der Waals surface area contributed by atoms with E-state index in [1.807, 2.05) is 37.0 Å². The lowest BCUT2D eigenvalue weighted by Gasteiger charge is -2.38. The average Bonchev–Trinajstić information content (AvgIpc) is 3.09. The van der Waals surface area contributed by atoms with Gasteiger partial charge < -0.3 is 9.42 Å². The molecule has 0 saturated carbocycles. The monoisotopic (exact) mass is 412 g/mol. The van der Waals surface area contributed by atoms with E-state index >= 15 is 0 Å². The molecule has 1 aromatic rings. The molecule has 0 spiro atoms. The van der Waals surface area contributed by atoms with Crippen molar-refractivity contribution in [2.45, 2.75) is 68.2 Å². The summed E-state index contributed by atoms with van der Waals surface area (Å²) in [4.78, 5) is 15.4. The molecule has 2 atom stereocenters. The molecule has 0 N–H and O–H groups in total. The minimum absolute atomic E-state index is 0.0215. The number of allylic oxidation sites excluding steroid dienone is 6. The molecule has 1 fully saturated rings. The van der Waals surface area contributed by atoms with E-state index in [-0.39, 0.29) is 16.7 Å². The minimum Gasteiger partial charge on any atom is -0.363 e. The molecule has 3 rings (SSSR count). The average molecular weight is 413 g/mol. The van der Waals surface area contributed by atoms with Crippen LogP contribution in [0.5, 0.6) is 0 Å². The second kappa shape index (κ2) is 9.80. The summed E-state index contributed by atoms with van der Waals surface area (Å²) in [6.45, 7) is 19.0. The Morgan fingerprint density at radius 3 is 2.53 bits per heavy atom. The number of amides is 1. The Hall–Kier alpha value is -2.10. The van der Waals surface area contributed by atoms with Crippen LogP contribution in [0.25, 0.3) is 5.57 Å². The van der Waals surface area contributed by atoms with E-state index in [1.165, 1.54) is 12.7 Å². The van der Waals surface area contributed by atoms with Gasteiger partial charge in [-0.3, -0.25) is 4.79 Å². The quantitative estimate of drug-likeness (QED) is 0.538. The third-order valence-corrected chi connectivity index (χ3v) is 6.27. The first-order valence-electron chi connectivity index (χ1n) is 11.4. The van der Waals surface area contributed by atoms with Crippen LogP contribution in [-0.2, 0) is 0 Å².